The molecule has 7 heteroatoms. The van der Waals surface area contributed by atoms with Crippen LogP contribution in [0.15, 0.2) is 12.3 Å². The Morgan fingerprint density at radius 1 is 1.59 bits per heavy atom. The fraction of sp³-hybridized carbons (Fsp3) is 0.600. The molecule has 2 rings (SSSR count). The summed E-state index contributed by atoms with van der Waals surface area (Å²) in [6.07, 6.45) is 2.73. The largest absolute Gasteiger partial charge is 0.481 e. The van der Waals surface area contributed by atoms with Crippen LogP contribution in [0.5, 0.6) is 0 Å². The Bertz CT molecular complexity index is 520. The van der Waals surface area contributed by atoms with Crippen LogP contribution in [-0.4, -0.2) is 40.8 Å². The smallest absolute Gasteiger partial charge is 0.309 e. The highest BCUT2D eigenvalue weighted by Crippen LogP contribution is 2.23. The average molecular weight is 258 g/mol. The summed E-state index contributed by atoms with van der Waals surface area (Å²) < 4.78 is 24.6. The zero-order chi connectivity index (χ0) is 12.5. The summed E-state index contributed by atoms with van der Waals surface area (Å²) in [5.74, 6) is -0.661. The third-order valence-electron chi connectivity index (χ3n) is 2.87. The van der Waals surface area contributed by atoms with Gasteiger partial charge in [0.25, 0.3) is 0 Å². The number of aromatic nitrogens is 2. The first kappa shape index (κ1) is 12.1. The molecule has 0 bridgehead atoms. The summed E-state index contributed by atoms with van der Waals surface area (Å²) in [5.41, 5.74) is 0.555. The van der Waals surface area contributed by atoms with Crippen LogP contribution < -0.4 is 0 Å². The first-order chi connectivity index (χ1) is 7.98. The molecule has 0 spiro atoms. The highest BCUT2D eigenvalue weighted by molar-refractivity contribution is 7.91. The summed E-state index contributed by atoms with van der Waals surface area (Å²) in [6.45, 7) is 0. The molecule has 1 fully saturated rings. The summed E-state index contributed by atoms with van der Waals surface area (Å²) in [4.78, 5) is 10.7. The van der Waals surface area contributed by atoms with Gasteiger partial charge in [-0.05, 0) is 18.9 Å². The van der Waals surface area contributed by atoms with E-state index in [0.29, 0.717) is 12.1 Å². The van der Waals surface area contributed by atoms with E-state index in [1.807, 2.05) is 0 Å². The minimum atomic E-state index is -3.01. The number of rotatable bonds is 3. The van der Waals surface area contributed by atoms with Crippen LogP contribution in [0.1, 0.15) is 24.6 Å². The van der Waals surface area contributed by atoms with E-state index >= 15 is 0 Å². The molecule has 1 aliphatic heterocycles. The van der Waals surface area contributed by atoms with Crippen LogP contribution in [0, 0.1) is 0 Å². The zero-order valence-corrected chi connectivity index (χ0v) is 10.1. The summed E-state index contributed by atoms with van der Waals surface area (Å²) >= 11 is 0. The van der Waals surface area contributed by atoms with Crippen molar-refractivity contribution in [3.8, 4) is 0 Å². The lowest BCUT2D eigenvalue weighted by atomic mass is 10.2. The van der Waals surface area contributed by atoms with Crippen molar-refractivity contribution in [2.75, 3.05) is 11.5 Å². The van der Waals surface area contributed by atoms with E-state index in [1.165, 1.54) is 6.20 Å². The Balaban J connectivity index is 2.22. The van der Waals surface area contributed by atoms with Crippen molar-refractivity contribution in [2.24, 2.45) is 0 Å². The van der Waals surface area contributed by atoms with Crippen LogP contribution in [0.25, 0.3) is 0 Å². The topological polar surface area (TPSA) is 89.3 Å². The van der Waals surface area contributed by atoms with E-state index in [4.69, 9.17) is 5.11 Å². The standard InChI is InChI=1S/C10H14N2O4S/c13-10(14)6-8-3-4-11-12(8)9-2-1-5-17(15,16)7-9/h3-4,9H,1-2,5-7H2,(H,13,14). The van der Waals surface area contributed by atoms with Gasteiger partial charge in [-0.15, -0.1) is 0 Å². The summed E-state index contributed by atoms with van der Waals surface area (Å²) in [6, 6.07) is 1.40. The van der Waals surface area contributed by atoms with Crippen molar-refractivity contribution in [2.45, 2.75) is 25.3 Å². The Hall–Kier alpha value is -1.37. The predicted molar refractivity (Wildman–Crippen MR) is 60.5 cm³/mol. The molecule has 1 saturated heterocycles. The van der Waals surface area contributed by atoms with Crippen molar-refractivity contribution in [3.05, 3.63) is 18.0 Å². The van der Waals surface area contributed by atoms with E-state index < -0.39 is 15.8 Å². The maximum Gasteiger partial charge on any atom is 0.309 e. The predicted octanol–water partition coefficient (Wildman–Crippen LogP) is 0.260. The van der Waals surface area contributed by atoms with E-state index in [2.05, 4.69) is 5.10 Å². The lowest BCUT2D eigenvalue weighted by Crippen LogP contribution is -2.29. The van der Waals surface area contributed by atoms with Gasteiger partial charge in [0.1, 0.15) is 0 Å². The molecular formula is C10H14N2O4S. The quantitative estimate of drug-likeness (QED) is 0.840. The van der Waals surface area contributed by atoms with E-state index in [0.717, 1.165) is 6.42 Å². The molecule has 1 atom stereocenters. The van der Waals surface area contributed by atoms with E-state index in [9.17, 15) is 13.2 Å². The Kier molecular flexibility index (Phi) is 3.19. The van der Waals surface area contributed by atoms with Gasteiger partial charge in [0.2, 0.25) is 0 Å². The van der Waals surface area contributed by atoms with Gasteiger partial charge >= 0.3 is 5.97 Å². The first-order valence-electron chi connectivity index (χ1n) is 5.42. The molecule has 0 aromatic carbocycles. The van der Waals surface area contributed by atoms with Gasteiger partial charge < -0.3 is 5.11 Å². The van der Waals surface area contributed by atoms with Crippen molar-refractivity contribution < 1.29 is 18.3 Å². The van der Waals surface area contributed by atoms with Crippen molar-refractivity contribution in [3.63, 3.8) is 0 Å². The van der Waals surface area contributed by atoms with Gasteiger partial charge in [0, 0.05) is 11.9 Å². The number of carbonyl (C=O) groups is 1. The third-order valence-corrected chi connectivity index (χ3v) is 4.67. The van der Waals surface area contributed by atoms with Crippen molar-refractivity contribution >= 4 is 15.8 Å². The van der Waals surface area contributed by atoms with Gasteiger partial charge in [-0.25, -0.2) is 8.42 Å². The molecule has 17 heavy (non-hydrogen) atoms. The molecule has 0 aliphatic carbocycles. The normalized spacial score (nSPS) is 23.4. The SMILES string of the molecule is O=C(O)Cc1ccnn1C1CCCS(=O)(=O)C1. The Morgan fingerprint density at radius 3 is 3.00 bits per heavy atom. The number of carboxylic acids is 1. The number of nitrogens with zero attached hydrogens (tertiary/aromatic N) is 2. The molecule has 1 aromatic rings. The molecule has 2 heterocycles. The highest BCUT2D eigenvalue weighted by Gasteiger charge is 2.27. The summed E-state index contributed by atoms with van der Waals surface area (Å²) in [5, 5.41) is 12.8. The van der Waals surface area contributed by atoms with Gasteiger partial charge in [-0.3, -0.25) is 9.48 Å². The lowest BCUT2D eigenvalue weighted by Gasteiger charge is -2.23. The van der Waals surface area contributed by atoms with Crippen molar-refractivity contribution in [1.29, 1.82) is 0 Å². The molecule has 6 nitrogen and oxygen atoms in total. The molecule has 1 N–H and O–H groups in total. The molecular weight excluding hydrogens is 244 g/mol. The molecule has 0 amide bonds. The monoisotopic (exact) mass is 258 g/mol. The molecule has 0 saturated carbocycles. The first-order valence-corrected chi connectivity index (χ1v) is 7.25. The number of carboxylic acid groups (broad SMARTS) is 1. The van der Waals surface area contributed by atoms with Crippen LogP contribution >= 0.6 is 0 Å². The second-order valence-electron chi connectivity index (χ2n) is 4.25. The second kappa shape index (κ2) is 4.48. The minimum Gasteiger partial charge on any atom is -0.481 e. The van der Waals surface area contributed by atoms with E-state index in [-0.39, 0.29) is 24.0 Å². The summed E-state index contributed by atoms with van der Waals surface area (Å²) in [7, 11) is -3.01. The highest BCUT2D eigenvalue weighted by atomic mass is 32.2. The van der Waals surface area contributed by atoms with Crippen molar-refractivity contribution in [1.82, 2.24) is 9.78 Å². The molecule has 94 valence electrons. The Labute approximate surface area is 99.2 Å². The zero-order valence-electron chi connectivity index (χ0n) is 9.24. The number of hydrogen-bond acceptors (Lipinski definition) is 4. The number of aliphatic carboxylic acids is 1. The fourth-order valence-corrected chi connectivity index (χ4v) is 3.82. The molecule has 1 aromatic heterocycles. The van der Waals surface area contributed by atoms with Crippen LogP contribution in [0.3, 0.4) is 0 Å². The van der Waals surface area contributed by atoms with E-state index in [1.54, 1.807) is 10.7 Å². The fourth-order valence-electron chi connectivity index (χ4n) is 2.16. The maximum absolute atomic E-state index is 11.5. The second-order valence-corrected chi connectivity index (χ2v) is 6.48. The maximum atomic E-state index is 11.5. The molecule has 1 aliphatic rings. The van der Waals surface area contributed by atoms with Crippen LogP contribution in [0.2, 0.25) is 0 Å². The van der Waals surface area contributed by atoms with Gasteiger partial charge in [0.05, 0.1) is 24.0 Å². The average Bonchev–Trinajstić information content (AvgIpc) is 2.63. The van der Waals surface area contributed by atoms with Gasteiger partial charge in [0.15, 0.2) is 9.84 Å². The minimum absolute atomic E-state index is 0.0568. The van der Waals surface area contributed by atoms with Crippen LogP contribution in [0.4, 0.5) is 0 Å². The Morgan fingerprint density at radius 2 is 2.35 bits per heavy atom. The molecule has 1 unspecified atom stereocenters. The lowest BCUT2D eigenvalue weighted by molar-refractivity contribution is -0.136. The number of hydrogen-bond donors (Lipinski definition) is 1. The third kappa shape index (κ3) is 2.85. The van der Waals surface area contributed by atoms with Crippen LogP contribution in [-0.2, 0) is 21.1 Å². The molecule has 0 radical (unpaired) electrons. The van der Waals surface area contributed by atoms with Gasteiger partial charge in [-0.1, -0.05) is 0 Å². The number of sulfone groups is 1. The van der Waals surface area contributed by atoms with Gasteiger partial charge in [-0.2, -0.15) is 5.10 Å².